The summed E-state index contributed by atoms with van der Waals surface area (Å²) in [6, 6.07) is 0. The Morgan fingerprint density at radius 2 is 0.812 bits per heavy atom. The third kappa shape index (κ3) is 4.95. The third-order valence-corrected chi connectivity index (χ3v) is 16.0. The van der Waals surface area contributed by atoms with E-state index < -0.39 is 16.5 Å². The Bertz CT molecular complexity index is 200. The fraction of sp³-hybridized carbons (Fsp3) is 1.00. The van der Waals surface area contributed by atoms with E-state index in [1.54, 1.807) is 0 Å². The Labute approximate surface area is 128 Å². The first kappa shape index (κ1) is 19.7. The maximum atomic E-state index is 5.36. The number of rotatable bonds is 2. The Balaban J connectivity index is 0. The predicted octanol–water partition coefficient (Wildman–Crippen LogP) is 2.37. The second-order valence-corrected chi connectivity index (χ2v) is 17.9. The summed E-state index contributed by atoms with van der Waals surface area (Å²) in [5, 5.41) is 0.755. The largest absolute Gasteiger partial charge is 1.00 e. The van der Waals surface area contributed by atoms with Crippen LogP contribution in [0.15, 0.2) is 0 Å². The van der Waals surface area contributed by atoms with Crippen LogP contribution in [0, 0.1) is 0 Å². The van der Waals surface area contributed by atoms with Crippen molar-refractivity contribution in [2.45, 2.75) is 77.8 Å². The van der Waals surface area contributed by atoms with Crippen molar-refractivity contribution in [3.8, 4) is 0 Å². The molecule has 0 aliphatic carbocycles. The molecule has 0 bridgehead atoms. The molecule has 0 heterocycles. The van der Waals surface area contributed by atoms with E-state index in [4.69, 9.17) is 4.65 Å². The Kier molecular flexibility index (Phi) is 6.88. The molecular weight excluding hydrogens is 237 g/mol. The van der Waals surface area contributed by atoms with Crippen molar-refractivity contribution in [1.29, 1.82) is 0 Å². The molecule has 0 saturated heterocycles. The van der Waals surface area contributed by atoms with Gasteiger partial charge in [-0.2, -0.15) is 0 Å². The number of hydrogen-bond donors (Lipinski definition) is 0. The average molecular weight is 268 g/mol. The summed E-state index contributed by atoms with van der Waals surface area (Å²) in [6.07, 6.45) is 0. The molecule has 1 nitrogen and oxygen atoms in total. The molecule has 0 amide bonds. The second kappa shape index (κ2) is 5.58. The van der Waals surface area contributed by atoms with Gasteiger partial charge in [0.15, 0.2) is 0 Å². The quantitative estimate of drug-likeness (QED) is 0.682. The molecule has 0 rings (SSSR count). The summed E-state index contributed by atoms with van der Waals surface area (Å²) in [4.78, 5) is 0. The van der Waals surface area contributed by atoms with E-state index in [-0.39, 0.29) is 29.6 Å². The van der Waals surface area contributed by atoms with Gasteiger partial charge in [0, 0.05) is 0 Å². The SMILES string of the molecule is CC(C)(C)[Si](C)(C)[N-][Si](C)(C)C(C)(C)C.[Na+]. The molecule has 0 unspecified atom stereocenters. The fourth-order valence-corrected chi connectivity index (χ4v) is 9.31. The minimum atomic E-state index is -1.46. The minimum Gasteiger partial charge on any atom is -0.666 e. The molecule has 92 valence electrons. The average Bonchev–Trinajstić information content (AvgIpc) is 1.77. The van der Waals surface area contributed by atoms with Crippen molar-refractivity contribution < 1.29 is 29.6 Å². The van der Waals surface area contributed by atoms with Crippen molar-refractivity contribution in [2.75, 3.05) is 0 Å². The Hall–Kier alpha value is 1.39. The van der Waals surface area contributed by atoms with E-state index in [1.165, 1.54) is 0 Å². The van der Waals surface area contributed by atoms with E-state index in [2.05, 4.69) is 67.7 Å². The Morgan fingerprint density at radius 3 is 0.938 bits per heavy atom. The molecule has 0 aromatic carbocycles. The van der Waals surface area contributed by atoms with Crippen molar-refractivity contribution in [3.63, 3.8) is 0 Å². The molecule has 0 aromatic heterocycles. The van der Waals surface area contributed by atoms with Crippen LogP contribution >= 0.6 is 0 Å². The molecule has 0 fully saturated rings. The summed E-state index contributed by atoms with van der Waals surface area (Å²) in [5.41, 5.74) is 0. The van der Waals surface area contributed by atoms with Gasteiger partial charge in [0.05, 0.1) is 0 Å². The summed E-state index contributed by atoms with van der Waals surface area (Å²) in [5.74, 6) is 0. The molecule has 0 aliphatic rings. The van der Waals surface area contributed by atoms with Crippen LogP contribution in [-0.4, -0.2) is 16.5 Å². The van der Waals surface area contributed by atoms with Crippen molar-refractivity contribution in [2.24, 2.45) is 0 Å². The van der Waals surface area contributed by atoms with E-state index in [9.17, 15) is 0 Å². The molecule has 16 heavy (non-hydrogen) atoms. The summed E-state index contributed by atoms with van der Waals surface area (Å²) >= 11 is 0. The van der Waals surface area contributed by atoms with Crippen LogP contribution in [-0.2, 0) is 0 Å². The molecule has 0 aromatic rings. The molecule has 0 spiro atoms. The fourth-order valence-electron chi connectivity index (χ4n) is 1.03. The van der Waals surface area contributed by atoms with Gasteiger partial charge in [0.2, 0.25) is 0 Å². The van der Waals surface area contributed by atoms with Crippen LogP contribution in [0.4, 0.5) is 0 Å². The number of nitrogens with zero attached hydrogens (tertiary/aromatic N) is 1. The molecule has 0 N–H and O–H groups in total. The van der Waals surface area contributed by atoms with E-state index in [0.29, 0.717) is 10.1 Å². The first-order valence-electron chi connectivity index (χ1n) is 5.95. The summed E-state index contributed by atoms with van der Waals surface area (Å²) < 4.78 is 5.36. The zero-order chi connectivity index (χ0) is 12.7. The first-order chi connectivity index (χ1) is 6.21. The van der Waals surface area contributed by atoms with E-state index in [0.717, 1.165) is 0 Å². The third-order valence-electron chi connectivity index (χ3n) is 4.23. The van der Waals surface area contributed by atoms with Gasteiger partial charge in [-0.1, -0.05) is 94.3 Å². The minimum absolute atomic E-state index is 0. The van der Waals surface area contributed by atoms with Crippen LogP contribution in [0.3, 0.4) is 0 Å². The topological polar surface area (TPSA) is 14.1 Å². The zero-order valence-electron chi connectivity index (χ0n) is 13.4. The van der Waals surface area contributed by atoms with Gasteiger partial charge < -0.3 is 4.65 Å². The van der Waals surface area contributed by atoms with Crippen molar-refractivity contribution in [3.05, 3.63) is 4.65 Å². The standard InChI is InChI=1S/C12H30NSi2.Na/c1-11(2,3)14(7,8)13-15(9,10)12(4,5)6;/h1-10H3;/q-1;+1. The van der Waals surface area contributed by atoms with Crippen molar-refractivity contribution >= 4 is 16.5 Å². The van der Waals surface area contributed by atoms with Crippen LogP contribution in [0.2, 0.25) is 36.3 Å². The molecule has 4 heteroatoms. The van der Waals surface area contributed by atoms with Gasteiger partial charge in [0.25, 0.3) is 0 Å². The maximum absolute atomic E-state index is 5.36. The monoisotopic (exact) mass is 267 g/mol. The second-order valence-electron chi connectivity index (χ2n) is 7.73. The Morgan fingerprint density at radius 1 is 0.625 bits per heavy atom. The van der Waals surface area contributed by atoms with Gasteiger partial charge in [-0.3, -0.25) is 0 Å². The van der Waals surface area contributed by atoms with Crippen LogP contribution in [0.5, 0.6) is 0 Å². The van der Waals surface area contributed by atoms with Crippen LogP contribution in [0.1, 0.15) is 41.5 Å². The van der Waals surface area contributed by atoms with Gasteiger partial charge in [-0.05, 0) is 0 Å². The van der Waals surface area contributed by atoms with Gasteiger partial charge in [-0.15, -0.1) is 0 Å². The van der Waals surface area contributed by atoms with Crippen LogP contribution in [0.25, 0.3) is 4.65 Å². The number of hydrogen-bond acceptors (Lipinski definition) is 0. The van der Waals surface area contributed by atoms with E-state index in [1.807, 2.05) is 0 Å². The van der Waals surface area contributed by atoms with Gasteiger partial charge >= 0.3 is 29.6 Å². The predicted molar refractivity (Wildman–Crippen MR) is 77.8 cm³/mol. The molecule has 0 atom stereocenters. The molecule has 0 saturated carbocycles. The van der Waals surface area contributed by atoms with Gasteiger partial charge in [0.1, 0.15) is 0 Å². The summed E-state index contributed by atoms with van der Waals surface area (Å²) in [6.45, 7) is 23.7. The summed E-state index contributed by atoms with van der Waals surface area (Å²) in [7, 11) is -2.93. The van der Waals surface area contributed by atoms with Crippen LogP contribution < -0.4 is 29.6 Å². The maximum Gasteiger partial charge on any atom is 1.00 e. The molecular formula is C12H30NNaSi2. The zero-order valence-corrected chi connectivity index (χ0v) is 17.4. The normalized spacial score (nSPS) is 14.6. The molecule has 0 radical (unpaired) electrons. The smallest absolute Gasteiger partial charge is 0.666 e. The van der Waals surface area contributed by atoms with E-state index >= 15 is 0 Å². The van der Waals surface area contributed by atoms with Gasteiger partial charge in [-0.25, -0.2) is 0 Å². The van der Waals surface area contributed by atoms with Crippen molar-refractivity contribution in [1.82, 2.24) is 0 Å². The first-order valence-corrected chi connectivity index (χ1v) is 11.8. The molecule has 0 aliphatic heterocycles.